The van der Waals surface area contributed by atoms with Crippen molar-refractivity contribution in [2.45, 2.75) is 0 Å². The number of benzene rings is 1. The first-order valence-electron chi connectivity index (χ1n) is 4.11. The van der Waals surface area contributed by atoms with Crippen molar-refractivity contribution in [3.05, 3.63) is 41.8 Å². The van der Waals surface area contributed by atoms with Gasteiger partial charge in [0.1, 0.15) is 0 Å². The van der Waals surface area contributed by atoms with Crippen LogP contribution in [0.25, 0.3) is 11.5 Å². The van der Waals surface area contributed by atoms with Gasteiger partial charge in [0, 0.05) is 5.56 Å². The summed E-state index contributed by atoms with van der Waals surface area (Å²) in [4.78, 5) is 3.90. The lowest BCUT2D eigenvalue weighted by Gasteiger charge is -1.97. The highest BCUT2D eigenvalue weighted by Crippen LogP contribution is 2.19. The van der Waals surface area contributed by atoms with E-state index in [4.69, 9.17) is 14.9 Å². The molecule has 4 nitrogen and oxygen atoms in total. The number of aromatic nitrogens is 1. The lowest BCUT2D eigenvalue weighted by atomic mass is 10.1. The van der Waals surface area contributed by atoms with E-state index >= 15 is 0 Å². The highest BCUT2D eigenvalue weighted by atomic mass is 16.3. The Morgan fingerprint density at radius 3 is 2.27 bits per heavy atom. The molecule has 0 saturated heterocycles. The van der Waals surface area contributed by atoms with E-state index < -0.39 is 0 Å². The average Bonchev–Trinajstić information content (AvgIpc) is 2.81. The molecule has 1 aromatic carbocycles. The summed E-state index contributed by atoms with van der Waals surface area (Å²) in [6, 6.07) is 8.68. The molecule has 69 valence electrons. The van der Waals surface area contributed by atoms with Gasteiger partial charge in [0.25, 0.3) is 0 Å². The molecule has 0 aliphatic rings. The summed E-state index contributed by atoms with van der Waals surface area (Å²) in [5.41, 5.74) is 1.41. The van der Waals surface area contributed by atoms with Gasteiger partial charge in [0.15, 0.2) is 6.26 Å². The third-order valence-electron chi connectivity index (χ3n) is 1.83. The van der Waals surface area contributed by atoms with Crippen molar-refractivity contribution in [2.75, 3.05) is 0 Å². The van der Waals surface area contributed by atoms with Crippen molar-refractivity contribution in [1.82, 2.24) is 4.98 Å². The van der Waals surface area contributed by atoms with Crippen molar-refractivity contribution in [3.8, 4) is 23.6 Å². The SMILES string of the molecule is N#Cc1cc(C#N)cc(-c2nc[c]o2)c1. The van der Waals surface area contributed by atoms with Crippen LogP contribution in [0.5, 0.6) is 0 Å². The fourth-order valence-corrected chi connectivity index (χ4v) is 1.21. The fourth-order valence-electron chi connectivity index (χ4n) is 1.21. The normalized spacial score (nSPS) is 9.20. The molecule has 0 atom stereocenters. The molecule has 0 spiro atoms. The van der Waals surface area contributed by atoms with Crippen molar-refractivity contribution in [2.24, 2.45) is 0 Å². The Morgan fingerprint density at radius 1 is 1.13 bits per heavy atom. The minimum Gasteiger partial charge on any atom is -0.433 e. The lowest BCUT2D eigenvalue weighted by Crippen LogP contribution is -1.84. The van der Waals surface area contributed by atoms with Crippen molar-refractivity contribution >= 4 is 0 Å². The number of hydrogen-bond acceptors (Lipinski definition) is 4. The van der Waals surface area contributed by atoms with E-state index in [-0.39, 0.29) is 0 Å². The maximum absolute atomic E-state index is 8.76. The van der Waals surface area contributed by atoms with Crippen LogP contribution in [-0.2, 0) is 0 Å². The van der Waals surface area contributed by atoms with Crippen LogP contribution in [0.4, 0.5) is 0 Å². The summed E-state index contributed by atoms with van der Waals surface area (Å²) >= 11 is 0. The molecule has 0 saturated carbocycles. The van der Waals surface area contributed by atoms with Gasteiger partial charge in [0.2, 0.25) is 5.89 Å². The molecule has 0 bridgehead atoms. The molecule has 2 rings (SSSR count). The maximum Gasteiger partial charge on any atom is 0.226 e. The smallest absolute Gasteiger partial charge is 0.226 e. The van der Waals surface area contributed by atoms with Crippen LogP contribution in [-0.4, -0.2) is 4.98 Å². The van der Waals surface area contributed by atoms with Gasteiger partial charge < -0.3 is 4.42 Å². The van der Waals surface area contributed by atoms with Gasteiger partial charge in [-0.2, -0.15) is 10.5 Å². The highest BCUT2D eigenvalue weighted by Gasteiger charge is 2.06. The van der Waals surface area contributed by atoms with Crippen LogP contribution >= 0.6 is 0 Å². The second kappa shape index (κ2) is 3.65. The largest absolute Gasteiger partial charge is 0.433 e. The number of rotatable bonds is 1. The molecule has 1 radical (unpaired) electrons. The summed E-state index contributed by atoms with van der Waals surface area (Å²) in [6.45, 7) is 0. The molecule has 0 unspecified atom stereocenters. The predicted molar refractivity (Wildman–Crippen MR) is 50.2 cm³/mol. The molecule has 0 N–H and O–H groups in total. The Hall–Kier alpha value is -2.59. The molecule has 0 aliphatic heterocycles. The van der Waals surface area contributed by atoms with E-state index in [0.717, 1.165) is 0 Å². The molecule has 4 heteroatoms. The topological polar surface area (TPSA) is 73.6 Å². The maximum atomic E-state index is 8.76. The summed E-state index contributed by atoms with van der Waals surface area (Å²) in [6.07, 6.45) is 3.84. The third-order valence-corrected chi connectivity index (χ3v) is 1.83. The fraction of sp³-hybridized carbons (Fsp3) is 0. The van der Waals surface area contributed by atoms with Crippen LogP contribution in [0.3, 0.4) is 0 Å². The first kappa shape index (κ1) is 8.98. The van der Waals surface area contributed by atoms with Crippen LogP contribution in [0.1, 0.15) is 11.1 Å². The van der Waals surface area contributed by atoms with Gasteiger partial charge in [-0.15, -0.1) is 0 Å². The Labute approximate surface area is 86.0 Å². The second-order valence-electron chi connectivity index (χ2n) is 2.81. The van der Waals surface area contributed by atoms with Gasteiger partial charge in [-0.3, -0.25) is 0 Å². The van der Waals surface area contributed by atoms with E-state index in [0.29, 0.717) is 22.6 Å². The second-order valence-corrected chi connectivity index (χ2v) is 2.81. The third kappa shape index (κ3) is 1.70. The Bertz CT molecular complexity index is 526. The molecule has 15 heavy (non-hydrogen) atoms. The lowest BCUT2D eigenvalue weighted by molar-refractivity contribution is 0.566. The first-order chi connectivity index (χ1) is 7.33. The number of oxazole rings is 1. The number of nitriles is 2. The molecular weight excluding hydrogens is 190 g/mol. The van der Waals surface area contributed by atoms with E-state index in [2.05, 4.69) is 11.2 Å². The first-order valence-corrected chi connectivity index (χ1v) is 4.11. The van der Waals surface area contributed by atoms with Crippen molar-refractivity contribution < 1.29 is 4.42 Å². The zero-order chi connectivity index (χ0) is 10.7. The Morgan fingerprint density at radius 2 is 1.80 bits per heavy atom. The van der Waals surface area contributed by atoms with Gasteiger partial charge in [0.05, 0.1) is 29.5 Å². The minimum atomic E-state index is 0.351. The zero-order valence-corrected chi connectivity index (χ0v) is 7.56. The van der Waals surface area contributed by atoms with E-state index in [9.17, 15) is 0 Å². The summed E-state index contributed by atoms with van der Waals surface area (Å²) in [5.74, 6) is 0.351. The van der Waals surface area contributed by atoms with Gasteiger partial charge in [-0.05, 0) is 18.2 Å². The van der Waals surface area contributed by atoms with E-state index in [1.165, 1.54) is 12.3 Å². The predicted octanol–water partition coefficient (Wildman–Crippen LogP) is 1.89. The molecule has 0 amide bonds. The number of nitrogens with zero attached hydrogens (tertiary/aromatic N) is 3. The van der Waals surface area contributed by atoms with Gasteiger partial charge >= 0.3 is 0 Å². The van der Waals surface area contributed by atoms with Crippen LogP contribution in [0, 0.1) is 28.9 Å². The Balaban J connectivity index is 2.59. The number of hydrogen-bond donors (Lipinski definition) is 0. The summed E-state index contributed by atoms with van der Waals surface area (Å²) in [7, 11) is 0. The van der Waals surface area contributed by atoms with Crippen LogP contribution in [0.2, 0.25) is 0 Å². The van der Waals surface area contributed by atoms with Crippen LogP contribution in [0.15, 0.2) is 28.8 Å². The Kier molecular flexibility index (Phi) is 2.19. The van der Waals surface area contributed by atoms with Crippen LogP contribution < -0.4 is 0 Å². The molecule has 1 heterocycles. The van der Waals surface area contributed by atoms with E-state index in [1.807, 2.05) is 12.1 Å². The summed E-state index contributed by atoms with van der Waals surface area (Å²) in [5, 5.41) is 17.5. The molecule has 0 aliphatic carbocycles. The van der Waals surface area contributed by atoms with Crippen molar-refractivity contribution in [3.63, 3.8) is 0 Å². The highest BCUT2D eigenvalue weighted by molar-refractivity contribution is 5.59. The minimum absolute atomic E-state index is 0.351. The average molecular weight is 194 g/mol. The molecule has 0 fully saturated rings. The van der Waals surface area contributed by atoms with Crippen molar-refractivity contribution in [1.29, 1.82) is 10.5 Å². The molecular formula is C11H4N3O. The zero-order valence-electron chi connectivity index (χ0n) is 7.56. The standard InChI is InChI=1S/C11H4N3O/c12-6-8-3-9(7-13)5-10(4-8)11-14-1-2-15-11/h1,3-5H. The molecule has 2 aromatic rings. The quantitative estimate of drug-likeness (QED) is 0.694. The van der Waals surface area contributed by atoms with E-state index in [1.54, 1.807) is 12.1 Å². The van der Waals surface area contributed by atoms with Gasteiger partial charge in [-0.25, -0.2) is 4.98 Å². The summed E-state index contributed by atoms with van der Waals surface area (Å²) < 4.78 is 4.96. The monoisotopic (exact) mass is 194 g/mol. The molecule has 1 aromatic heterocycles. The van der Waals surface area contributed by atoms with Gasteiger partial charge in [-0.1, -0.05) is 0 Å².